The zero-order valence-corrected chi connectivity index (χ0v) is 8.92. The highest BCUT2D eigenvalue weighted by atomic mass is 16.6. The molecule has 0 radical (unpaired) electrons. The molecule has 0 saturated heterocycles. The monoisotopic (exact) mass is 220 g/mol. The molecule has 1 heterocycles. The highest BCUT2D eigenvalue weighted by molar-refractivity contribution is 5.20. The van der Waals surface area contributed by atoms with Crippen LogP contribution in [0.2, 0.25) is 0 Å². The van der Waals surface area contributed by atoms with Gasteiger partial charge in [-0.3, -0.25) is 0 Å². The van der Waals surface area contributed by atoms with Gasteiger partial charge >= 0.3 is 0 Å². The van der Waals surface area contributed by atoms with Gasteiger partial charge in [0.1, 0.15) is 12.4 Å². The largest absolute Gasteiger partial charge is 0.539 e. The minimum absolute atomic E-state index is 0.403. The lowest BCUT2D eigenvalue weighted by Gasteiger charge is -2.01. The predicted octanol–water partition coefficient (Wildman–Crippen LogP) is 0.423. The van der Waals surface area contributed by atoms with Gasteiger partial charge in [0.05, 0.1) is 5.27 Å². The second-order valence-corrected chi connectivity index (χ2v) is 3.33. The van der Waals surface area contributed by atoms with Crippen LogP contribution in [-0.4, -0.2) is 11.9 Å². The topological polar surface area (TPSA) is 62.2 Å². The average molecular weight is 220 g/mol. The molecule has 0 fully saturated rings. The molecule has 0 amide bonds. The summed E-state index contributed by atoms with van der Waals surface area (Å²) in [5, 5.41) is 14.6. The summed E-state index contributed by atoms with van der Waals surface area (Å²) in [5.74, 6) is 0.395. The van der Waals surface area contributed by atoms with E-state index in [4.69, 9.17) is 4.74 Å². The van der Waals surface area contributed by atoms with Crippen molar-refractivity contribution in [2.45, 2.75) is 13.5 Å². The highest BCUT2D eigenvalue weighted by Gasteiger charge is 2.11. The molecule has 0 spiro atoms. The Balaban J connectivity index is 1.87. The average Bonchev–Trinajstić information content (AvgIpc) is 2.62. The molecule has 0 unspecified atom stereocenters. The smallest absolute Gasteiger partial charge is 0.230 e. The lowest BCUT2D eigenvalue weighted by atomic mass is 10.3. The Labute approximate surface area is 92.9 Å². The molecule has 5 nitrogen and oxygen atoms in total. The zero-order chi connectivity index (χ0) is 11.4. The van der Waals surface area contributed by atoms with Crippen molar-refractivity contribution < 1.29 is 19.0 Å². The van der Waals surface area contributed by atoms with E-state index in [9.17, 15) is 5.11 Å². The van der Waals surface area contributed by atoms with Crippen LogP contribution in [0.3, 0.4) is 0 Å². The molecular formula is C11H12N2O3. The first-order valence-corrected chi connectivity index (χ1v) is 4.98. The Morgan fingerprint density at radius 2 is 2.12 bits per heavy atom. The normalized spacial score (nSPS) is 10.3. The van der Waals surface area contributed by atoms with Crippen LogP contribution < -0.4 is 14.5 Å². The summed E-state index contributed by atoms with van der Waals surface area (Å²) >= 11 is 0. The first kappa shape index (κ1) is 10.5. The van der Waals surface area contributed by atoms with Gasteiger partial charge in [-0.25, -0.2) is 0 Å². The van der Waals surface area contributed by atoms with E-state index in [0.29, 0.717) is 18.8 Å². The van der Waals surface area contributed by atoms with Crippen LogP contribution in [0.5, 0.6) is 11.7 Å². The maximum Gasteiger partial charge on any atom is 0.230 e. The standard InChI is InChI=1S/C11H12N2O3/c1-9-11(14)16-12-13(9)7-8-15-10-5-3-2-4-6-10/h2-6H,7-8H2,1H3. The molecule has 0 saturated carbocycles. The Morgan fingerprint density at radius 3 is 2.75 bits per heavy atom. The SMILES string of the molecule is Cc1c([O-])on[n+]1CCOc1ccccc1. The molecule has 1 aromatic carbocycles. The van der Waals surface area contributed by atoms with Gasteiger partial charge in [-0.2, -0.15) is 0 Å². The van der Waals surface area contributed by atoms with Crippen molar-refractivity contribution >= 4 is 0 Å². The minimum Gasteiger partial charge on any atom is -0.539 e. The molecule has 16 heavy (non-hydrogen) atoms. The molecule has 0 bridgehead atoms. The first-order valence-electron chi connectivity index (χ1n) is 4.98. The molecule has 0 aliphatic rings. The van der Waals surface area contributed by atoms with Crippen molar-refractivity contribution in [1.29, 1.82) is 0 Å². The van der Waals surface area contributed by atoms with Gasteiger partial charge in [0.25, 0.3) is 0 Å². The molecule has 1 aromatic heterocycles. The molecule has 0 aliphatic heterocycles. The van der Waals surface area contributed by atoms with E-state index >= 15 is 0 Å². The lowest BCUT2D eigenvalue weighted by molar-refractivity contribution is -0.767. The van der Waals surface area contributed by atoms with E-state index in [1.165, 1.54) is 4.68 Å². The zero-order valence-electron chi connectivity index (χ0n) is 8.92. The van der Waals surface area contributed by atoms with Crippen LogP contribution in [0.4, 0.5) is 0 Å². The van der Waals surface area contributed by atoms with E-state index in [-0.39, 0.29) is 0 Å². The summed E-state index contributed by atoms with van der Waals surface area (Å²) in [6, 6.07) is 9.48. The highest BCUT2D eigenvalue weighted by Crippen LogP contribution is 2.08. The fraction of sp³-hybridized carbons (Fsp3) is 0.273. The number of aromatic nitrogens is 2. The molecule has 0 aliphatic carbocycles. The predicted molar refractivity (Wildman–Crippen MR) is 52.8 cm³/mol. The third kappa shape index (κ3) is 2.31. The molecule has 0 atom stereocenters. The van der Waals surface area contributed by atoms with Crippen LogP contribution >= 0.6 is 0 Å². The van der Waals surface area contributed by atoms with E-state index in [1.807, 2.05) is 30.3 Å². The van der Waals surface area contributed by atoms with Gasteiger partial charge in [-0.1, -0.05) is 22.9 Å². The van der Waals surface area contributed by atoms with Crippen molar-refractivity contribution in [3.63, 3.8) is 0 Å². The first-order chi connectivity index (χ1) is 7.77. The molecule has 84 valence electrons. The van der Waals surface area contributed by atoms with E-state index < -0.39 is 5.95 Å². The van der Waals surface area contributed by atoms with Crippen LogP contribution in [-0.2, 0) is 6.54 Å². The Hall–Kier alpha value is -2.04. The van der Waals surface area contributed by atoms with Gasteiger partial charge < -0.3 is 14.4 Å². The van der Waals surface area contributed by atoms with Crippen molar-refractivity contribution in [2.24, 2.45) is 0 Å². The van der Waals surface area contributed by atoms with E-state index in [1.54, 1.807) is 6.92 Å². The Kier molecular flexibility index (Phi) is 3.05. The summed E-state index contributed by atoms with van der Waals surface area (Å²) in [7, 11) is 0. The van der Waals surface area contributed by atoms with Crippen LogP contribution in [0, 0.1) is 6.92 Å². The number of nitrogens with zero attached hydrogens (tertiary/aromatic N) is 2. The fourth-order valence-electron chi connectivity index (χ4n) is 1.29. The second-order valence-electron chi connectivity index (χ2n) is 3.33. The fourth-order valence-corrected chi connectivity index (χ4v) is 1.29. The van der Waals surface area contributed by atoms with Crippen molar-refractivity contribution in [1.82, 2.24) is 5.27 Å². The third-order valence-corrected chi connectivity index (χ3v) is 2.22. The van der Waals surface area contributed by atoms with Crippen molar-refractivity contribution in [3.8, 4) is 11.7 Å². The minimum atomic E-state index is -0.403. The molecule has 2 rings (SSSR count). The quantitative estimate of drug-likeness (QED) is 0.701. The maximum atomic E-state index is 11.0. The van der Waals surface area contributed by atoms with E-state index in [0.717, 1.165) is 5.75 Å². The summed E-state index contributed by atoms with van der Waals surface area (Å²) in [4.78, 5) is 0. The number of benzene rings is 1. The lowest BCUT2D eigenvalue weighted by Crippen LogP contribution is -2.40. The van der Waals surface area contributed by atoms with Crippen LogP contribution in [0.1, 0.15) is 5.69 Å². The van der Waals surface area contributed by atoms with Gasteiger partial charge in [0.2, 0.25) is 12.2 Å². The van der Waals surface area contributed by atoms with Crippen molar-refractivity contribution in [2.75, 3.05) is 6.61 Å². The van der Waals surface area contributed by atoms with Gasteiger partial charge in [0.15, 0.2) is 5.95 Å². The van der Waals surface area contributed by atoms with Crippen molar-refractivity contribution in [3.05, 3.63) is 36.0 Å². The number of rotatable bonds is 4. The summed E-state index contributed by atoms with van der Waals surface area (Å²) in [6.07, 6.45) is 0. The Bertz CT molecular complexity index is 454. The number of ether oxygens (including phenoxy) is 1. The van der Waals surface area contributed by atoms with E-state index in [2.05, 4.69) is 9.79 Å². The number of para-hydroxylation sites is 1. The maximum absolute atomic E-state index is 11.0. The number of hydrogen-bond donors (Lipinski definition) is 0. The molecule has 2 aromatic rings. The molecule has 5 heteroatoms. The van der Waals surface area contributed by atoms with Gasteiger partial charge in [0, 0.05) is 6.92 Å². The van der Waals surface area contributed by atoms with Gasteiger partial charge in [-0.05, 0) is 12.1 Å². The number of hydrogen-bond acceptors (Lipinski definition) is 4. The van der Waals surface area contributed by atoms with Crippen LogP contribution in [0.15, 0.2) is 34.9 Å². The summed E-state index contributed by atoms with van der Waals surface area (Å²) < 4.78 is 11.5. The molecular weight excluding hydrogens is 208 g/mol. The summed E-state index contributed by atoms with van der Waals surface area (Å²) in [5.41, 5.74) is 0.483. The van der Waals surface area contributed by atoms with Crippen LogP contribution in [0.25, 0.3) is 0 Å². The third-order valence-electron chi connectivity index (χ3n) is 2.22. The molecule has 0 N–H and O–H groups in total. The Morgan fingerprint density at radius 1 is 1.38 bits per heavy atom. The second kappa shape index (κ2) is 4.65. The van der Waals surface area contributed by atoms with Gasteiger partial charge in [-0.15, -0.1) is 0 Å². The summed E-state index contributed by atoms with van der Waals surface area (Å²) in [6.45, 7) is 2.61.